The van der Waals surface area contributed by atoms with Gasteiger partial charge in [0.2, 0.25) is 5.91 Å². The van der Waals surface area contributed by atoms with Crippen molar-refractivity contribution in [3.63, 3.8) is 0 Å². The summed E-state index contributed by atoms with van der Waals surface area (Å²) in [5.41, 5.74) is 0.401. The van der Waals surface area contributed by atoms with Gasteiger partial charge in [-0.2, -0.15) is 0 Å². The van der Waals surface area contributed by atoms with Gasteiger partial charge in [0.1, 0.15) is 11.6 Å². The van der Waals surface area contributed by atoms with E-state index in [9.17, 15) is 4.79 Å². The lowest BCUT2D eigenvalue weighted by atomic mass is 9.72. The van der Waals surface area contributed by atoms with E-state index < -0.39 is 0 Å². The van der Waals surface area contributed by atoms with Gasteiger partial charge in [-0.05, 0) is 43.9 Å². The van der Waals surface area contributed by atoms with Crippen LogP contribution < -0.4 is 0 Å². The third-order valence-electron chi connectivity index (χ3n) is 7.21. The molecule has 1 aromatic rings. The van der Waals surface area contributed by atoms with Crippen molar-refractivity contribution in [3.8, 4) is 0 Å². The lowest BCUT2D eigenvalue weighted by Crippen LogP contribution is -2.46. The molecule has 3 heterocycles. The molecule has 4 rings (SSSR count). The Morgan fingerprint density at radius 1 is 1.00 bits per heavy atom. The van der Waals surface area contributed by atoms with Gasteiger partial charge in [-0.15, -0.1) is 10.2 Å². The Bertz CT molecular complexity index is 636. The minimum absolute atomic E-state index is 0.316. The maximum absolute atomic E-state index is 12.9. The molecule has 0 atom stereocenters. The van der Waals surface area contributed by atoms with E-state index in [1.54, 1.807) is 0 Å². The van der Waals surface area contributed by atoms with Crippen LogP contribution in [0.3, 0.4) is 0 Å². The summed E-state index contributed by atoms with van der Waals surface area (Å²) in [5, 5.41) is 8.89. The van der Waals surface area contributed by atoms with Crippen molar-refractivity contribution in [1.29, 1.82) is 0 Å². The molecule has 2 fully saturated rings. The Morgan fingerprint density at radius 3 is 2.38 bits per heavy atom. The van der Waals surface area contributed by atoms with Gasteiger partial charge in [-0.25, -0.2) is 0 Å². The van der Waals surface area contributed by atoms with Gasteiger partial charge in [-0.3, -0.25) is 4.79 Å². The summed E-state index contributed by atoms with van der Waals surface area (Å²) < 4.78 is 2.37. The second-order valence-corrected chi connectivity index (χ2v) is 9.19. The summed E-state index contributed by atoms with van der Waals surface area (Å²) >= 11 is 0. The van der Waals surface area contributed by atoms with Crippen molar-refractivity contribution >= 4 is 5.91 Å². The van der Waals surface area contributed by atoms with E-state index >= 15 is 0 Å². The van der Waals surface area contributed by atoms with Crippen molar-refractivity contribution in [2.45, 2.75) is 90.5 Å². The highest BCUT2D eigenvalue weighted by molar-refractivity contribution is 5.79. The quantitative estimate of drug-likeness (QED) is 0.805. The van der Waals surface area contributed by atoms with Crippen LogP contribution in [-0.4, -0.2) is 38.7 Å². The van der Waals surface area contributed by atoms with Crippen molar-refractivity contribution in [2.24, 2.45) is 11.3 Å². The number of hydrogen-bond acceptors (Lipinski definition) is 3. The number of carbonyl (C=O) groups is 1. The summed E-state index contributed by atoms with van der Waals surface area (Å²) in [6.07, 6.45) is 11.8. The number of aryl methyl sites for hydroxylation is 1. The van der Waals surface area contributed by atoms with Crippen LogP contribution in [-0.2, 0) is 17.8 Å². The van der Waals surface area contributed by atoms with Crippen LogP contribution in [0.2, 0.25) is 0 Å². The van der Waals surface area contributed by atoms with Gasteiger partial charge in [0.25, 0.3) is 0 Å². The van der Waals surface area contributed by atoms with E-state index in [0.29, 0.717) is 23.2 Å². The maximum atomic E-state index is 12.9. The van der Waals surface area contributed by atoms with Crippen LogP contribution in [0.1, 0.15) is 89.2 Å². The molecule has 1 aromatic heterocycles. The fourth-order valence-corrected chi connectivity index (χ4v) is 5.36. The molecule has 5 nitrogen and oxygen atoms in total. The Hall–Kier alpha value is -1.39. The molecule has 2 aliphatic heterocycles. The molecule has 26 heavy (non-hydrogen) atoms. The standard InChI is InChI=1S/C21H34N4O/c1-16(2)19-23-22-18-8-9-21(12-15-25(18)19)10-13-24(14-11-21)20(26)17-6-4-3-5-7-17/h16-17H,3-15H2,1-2H3. The van der Waals surface area contributed by atoms with Gasteiger partial charge in [0.05, 0.1) is 0 Å². The number of amides is 1. The molecule has 3 aliphatic rings. The maximum Gasteiger partial charge on any atom is 0.225 e. The topological polar surface area (TPSA) is 51.0 Å². The zero-order valence-corrected chi connectivity index (χ0v) is 16.5. The van der Waals surface area contributed by atoms with Gasteiger partial charge < -0.3 is 9.47 Å². The summed E-state index contributed by atoms with van der Waals surface area (Å²) in [5.74, 6) is 3.51. The molecule has 144 valence electrons. The number of rotatable bonds is 2. The van der Waals surface area contributed by atoms with Crippen molar-refractivity contribution in [1.82, 2.24) is 19.7 Å². The number of nitrogens with zero attached hydrogens (tertiary/aromatic N) is 4. The van der Waals surface area contributed by atoms with E-state index in [1.807, 2.05) is 0 Å². The first-order valence-electron chi connectivity index (χ1n) is 10.8. The molecule has 0 radical (unpaired) electrons. The first-order chi connectivity index (χ1) is 12.6. The van der Waals surface area contributed by atoms with Crippen LogP contribution in [0.5, 0.6) is 0 Å². The molecule has 5 heteroatoms. The van der Waals surface area contributed by atoms with Gasteiger partial charge in [0, 0.05) is 37.9 Å². The summed E-state index contributed by atoms with van der Waals surface area (Å²) in [6, 6.07) is 0. The number of hydrogen-bond donors (Lipinski definition) is 0. The number of aromatic nitrogens is 3. The molecule has 0 bridgehead atoms. The monoisotopic (exact) mass is 358 g/mol. The number of carbonyl (C=O) groups excluding carboxylic acids is 1. The van der Waals surface area contributed by atoms with E-state index in [1.165, 1.54) is 50.8 Å². The minimum Gasteiger partial charge on any atom is -0.342 e. The van der Waals surface area contributed by atoms with Crippen LogP contribution in [0.25, 0.3) is 0 Å². The molecule has 1 aliphatic carbocycles. The Balaban J connectivity index is 1.37. The predicted octanol–water partition coefficient (Wildman–Crippen LogP) is 3.93. The largest absolute Gasteiger partial charge is 0.342 e. The van der Waals surface area contributed by atoms with Crippen molar-refractivity contribution < 1.29 is 4.79 Å². The number of likely N-dealkylation sites (tertiary alicyclic amines) is 1. The highest BCUT2D eigenvalue weighted by Gasteiger charge is 2.39. The van der Waals surface area contributed by atoms with E-state index in [4.69, 9.17) is 0 Å². The van der Waals surface area contributed by atoms with Crippen LogP contribution in [0, 0.1) is 11.3 Å². The lowest BCUT2D eigenvalue weighted by Gasteiger charge is -2.42. The Kier molecular flexibility index (Phi) is 5.07. The zero-order valence-electron chi connectivity index (χ0n) is 16.5. The molecule has 0 unspecified atom stereocenters. The molecule has 1 amide bonds. The Morgan fingerprint density at radius 2 is 1.69 bits per heavy atom. The predicted molar refractivity (Wildman–Crippen MR) is 102 cm³/mol. The van der Waals surface area contributed by atoms with Crippen LogP contribution in [0.4, 0.5) is 0 Å². The second kappa shape index (κ2) is 7.32. The van der Waals surface area contributed by atoms with Crippen LogP contribution in [0.15, 0.2) is 0 Å². The molecule has 1 spiro atoms. The summed E-state index contributed by atoms with van der Waals surface area (Å²) in [6.45, 7) is 7.38. The minimum atomic E-state index is 0.316. The molecule has 1 saturated carbocycles. The summed E-state index contributed by atoms with van der Waals surface area (Å²) in [7, 11) is 0. The smallest absolute Gasteiger partial charge is 0.225 e. The van der Waals surface area contributed by atoms with Crippen molar-refractivity contribution in [2.75, 3.05) is 13.1 Å². The third-order valence-corrected chi connectivity index (χ3v) is 7.21. The fraction of sp³-hybridized carbons (Fsp3) is 0.857. The van der Waals surface area contributed by atoms with Crippen LogP contribution >= 0.6 is 0 Å². The zero-order chi connectivity index (χ0) is 18.1. The highest BCUT2D eigenvalue weighted by Crippen LogP contribution is 2.42. The molecule has 1 saturated heterocycles. The first kappa shape index (κ1) is 18.0. The number of piperidine rings is 1. The van der Waals surface area contributed by atoms with Gasteiger partial charge in [-0.1, -0.05) is 33.1 Å². The molecule has 0 N–H and O–H groups in total. The van der Waals surface area contributed by atoms with Gasteiger partial charge in [0.15, 0.2) is 0 Å². The lowest BCUT2D eigenvalue weighted by molar-refractivity contribution is -0.139. The van der Waals surface area contributed by atoms with E-state index in [-0.39, 0.29) is 0 Å². The average molecular weight is 359 g/mol. The molecular weight excluding hydrogens is 324 g/mol. The SMILES string of the molecule is CC(C)c1nnc2n1CCC1(CC2)CCN(C(=O)C2CCCCC2)CC1. The third kappa shape index (κ3) is 3.41. The second-order valence-electron chi connectivity index (χ2n) is 9.19. The Labute approximate surface area is 157 Å². The molecule has 0 aromatic carbocycles. The van der Waals surface area contributed by atoms with E-state index in [0.717, 1.165) is 44.7 Å². The summed E-state index contributed by atoms with van der Waals surface area (Å²) in [4.78, 5) is 15.0. The fourth-order valence-electron chi connectivity index (χ4n) is 5.36. The van der Waals surface area contributed by atoms with E-state index in [2.05, 4.69) is 33.5 Å². The average Bonchev–Trinajstić information content (AvgIpc) is 3.01. The van der Waals surface area contributed by atoms with Crippen molar-refractivity contribution in [3.05, 3.63) is 11.6 Å². The number of fused-ring (bicyclic) bond motifs is 1. The van der Waals surface area contributed by atoms with Gasteiger partial charge >= 0.3 is 0 Å². The first-order valence-corrected chi connectivity index (χ1v) is 10.8. The molecular formula is C21H34N4O. The highest BCUT2D eigenvalue weighted by atomic mass is 16.2. The normalized spacial score (nSPS) is 23.9.